The Hall–Kier alpha value is -3.13. The fourth-order valence-electron chi connectivity index (χ4n) is 3.71. The molecule has 168 valence electrons. The van der Waals surface area contributed by atoms with Gasteiger partial charge in [0.15, 0.2) is 0 Å². The number of aliphatic carboxylic acids is 1. The van der Waals surface area contributed by atoms with E-state index in [-0.39, 0.29) is 25.0 Å². The van der Waals surface area contributed by atoms with Gasteiger partial charge in [0.2, 0.25) is 11.5 Å². The largest absolute Gasteiger partial charge is 0.489 e. The Balaban J connectivity index is 1.44. The Kier molecular flexibility index (Phi) is 6.06. The summed E-state index contributed by atoms with van der Waals surface area (Å²) in [5.74, 6) is -0.0561. The highest BCUT2D eigenvalue weighted by Gasteiger charge is 2.46. The van der Waals surface area contributed by atoms with E-state index in [0.717, 1.165) is 11.3 Å². The van der Waals surface area contributed by atoms with Gasteiger partial charge in [0, 0.05) is 29.3 Å². The molecule has 4 rings (SSSR count). The van der Waals surface area contributed by atoms with Crippen molar-refractivity contribution in [3.05, 3.63) is 47.5 Å². The summed E-state index contributed by atoms with van der Waals surface area (Å²) in [7, 11) is 0. The second-order valence-corrected chi connectivity index (χ2v) is 8.57. The van der Waals surface area contributed by atoms with Crippen LogP contribution in [0.4, 0.5) is 10.1 Å². The molecule has 0 saturated heterocycles. The lowest BCUT2D eigenvalue weighted by atomic mass is 10.1. The number of rotatable bonds is 7. The maximum Gasteiger partial charge on any atom is 0.341 e. The molecule has 1 saturated carbocycles. The number of carboxylic acid groups (broad SMARTS) is 1. The van der Waals surface area contributed by atoms with Gasteiger partial charge in [0.05, 0.1) is 11.1 Å². The Bertz CT molecular complexity index is 1120. The number of nitrogens with zero attached hydrogens (tertiary/aromatic N) is 2. The molecule has 0 aliphatic heterocycles. The molecule has 2 N–H and O–H groups in total. The normalized spacial score (nSPS) is 20.5. The first-order valence-corrected chi connectivity index (χ1v) is 10.7. The lowest BCUT2D eigenvalue weighted by molar-refractivity contribution is -0.150. The number of anilines is 1. The van der Waals surface area contributed by atoms with Gasteiger partial charge in [-0.25, -0.2) is 9.18 Å². The minimum Gasteiger partial charge on any atom is -0.489 e. The number of alkyl halides is 1. The fraction of sp³-hybridized carbons (Fsp3) is 0.348. The number of halogens is 2. The first-order chi connectivity index (χ1) is 15.2. The molecule has 1 unspecified atom stereocenters. The van der Waals surface area contributed by atoms with Gasteiger partial charge < -0.3 is 19.7 Å². The molecule has 0 spiro atoms. The van der Waals surface area contributed by atoms with E-state index >= 15 is 0 Å². The van der Waals surface area contributed by atoms with Crippen molar-refractivity contribution < 1.29 is 23.6 Å². The van der Waals surface area contributed by atoms with Crippen LogP contribution in [0.1, 0.15) is 33.1 Å². The Morgan fingerprint density at radius 1 is 1.28 bits per heavy atom. The van der Waals surface area contributed by atoms with Crippen LogP contribution in [0.25, 0.3) is 22.8 Å². The Morgan fingerprint density at radius 3 is 2.62 bits per heavy atom. The van der Waals surface area contributed by atoms with Gasteiger partial charge in [0.25, 0.3) is 5.89 Å². The minimum atomic E-state index is -2.15. The van der Waals surface area contributed by atoms with Gasteiger partial charge in [-0.1, -0.05) is 16.8 Å². The van der Waals surface area contributed by atoms with E-state index in [4.69, 9.17) is 26.0 Å². The van der Waals surface area contributed by atoms with E-state index in [9.17, 15) is 9.18 Å². The first kappa shape index (κ1) is 22.1. The molecule has 1 fully saturated rings. The topological polar surface area (TPSA) is 97.5 Å². The zero-order valence-corrected chi connectivity index (χ0v) is 18.4. The van der Waals surface area contributed by atoms with Gasteiger partial charge in [-0.3, -0.25) is 0 Å². The van der Waals surface area contributed by atoms with Crippen molar-refractivity contribution in [2.45, 2.75) is 50.9 Å². The zero-order valence-electron chi connectivity index (χ0n) is 17.6. The van der Waals surface area contributed by atoms with Gasteiger partial charge in [0.1, 0.15) is 5.75 Å². The van der Waals surface area contributed by atoms with E-state index in [1.807, 2.05) is 32.0 Å². The maximum absolute atomic E-state index is 14.2. The summed E-state index contributed by atoms with van der Waals surface area (Å²) in [5.41, 5.74) is 0.0335. The molecule has 0 bridgehead atoms. The molecule has 7 nitrogen and oxygen atoms in total. The van der Waals surface area contributed by atoms with Crippen LogP contribution in [0.15, 0.2) is 47.0 Å². The number of hydrogen-bond acceptors (Lipinski definition) is 6. The Labute approximate surface area is 189 Å². The summed E-state index contributed by atoms with van der Waals surface area (Å²) >= 11 is 6.30. The van der Waals surface area contributed by atoms with Crippen LogP contribution in [0.5, 0.6) is 5.75 Å². The summed E-state index contributed by atoms with van der Waals surface area (Å²) in [6, 6.07) is 12.3. The number of carbonyl (C=O) groups is 1. The quantitative estimate of drug-likeness (QED) is 0.474. The molecule has 1 aromatic heterocycles. The molecular weight excluding hydrogens is 437 g/mol. The molecule has 0 amide bonds. The molecule has 32 heavy (non-hydrogen) atoms. The van der Waals surface area contributed by atoms with Crippen LogP contribution < -0.4 is 10.1 Å². The highest BCUT2D eigenvalue weighted by atomic mass is 35.5. The van der Waals surface area contributed by atoms with Crippen LogP contribution >= 0.6 is 11.6 Å². The smallest absolute Gasteiger partial charge is 0.341 e. The van der Waals surface area contributed by atoms with Crippen LogP contribution in [0, 0.1) is 0 Å². The van der Waals surface area contributed by atoms with Crippen molar-refractivity contribution in [1.82, 2.24) is 10.1 Å². The average molecular weight is 460 g/mol. The van der Waals surface area contributed by atoms with Crippen molar-refractivity contribution in [2.24, 2.45) is 0 Å². The van der Waals surface area contributed by atoms with Crippen LogP contribution in [0.2, 0.25) is 5.02 Å². The first-order valence-electron chi connectivity index (χ1n) is 10.3. The molecule has 3 aromatic rings. The predicted octanol–water partition coefficient (Wildman–Crippen LogP) is 5.60. The number of hydrogen-bond donors (Lipinski definition) is 2. The van der Waals surface area contributed by atoms with E-state index < -0.39 is 11.6 Å². The highest BCUT2D eigenvalue weighted by molar-refractivity contribution is 6.32. The zero-order chi connectivity index (χ0) is 22.9. The van der Waals surface area contributed by atoms with Gasteiger partial charge in [-0.05, 0) is 69.2 Å². The monoisotopic (exact) mass is 459 g/mol. The van der Waals surface area contributed by atoms with E-state index in [1.165, 1.54) is 0 Å². The summed E-state index contributed by atoms with van der Waals surface area (Å²) in [6.45, 7) is 3.85. The average Bonchev–Trinajstić information content (AvgIpc) is 3.38. The van der Waals surface area contributed by atoms with Crippen molar-refractivity contribution in [2.75, 3.05) is 5.32 Å². The third kappa shape index (κ3) is 4.70. The van der Waals surface area contributed by atoms with E-state index in [1.54, 1.807) is 24.3 Å². The van der Waals surface area contributed by atoms with Crippen LogP contribution in [-0.4, -0.2) is 39.0 Å². The number of nitrogens with one attached hydrogen (secondary N) is 1. The standard InChI is InChI=1S/C23H23ClFN3O4/c1-13(2)31-19-8-5-15(11-18(19)24)20-27-21(32-28-20)14-3-6-16(7-4-14)26-17-9-10-23(25,12-17)22(29)30/h3-8,11,13,17,26H,9-10,12H2,1-2H3,(H,29,30)/t17-,23?/m0/s1. The van der Waals surface area contributed by atoms with E-state index in [2.05, 4.69) is 15.5 Å². The lowest BCUT2D eigenvalue weighted by Gasteiger charge is -2.16. The highest BCUT2D eigenvalue weighted by Crippen LogP contribution is 2.36. The molecule has 1 heterocycles. The van der Waals surface area contributed by atoms with Crippen LogP contribution in [0.3, 0.4) is 0 Å². The molecule has 0 radical (unpaired) electrons. The third-order valence-corrected chi connectivity index (χ3v) is 5.62. The van der Waals surface area contributed by atoms with Gasteiger partial charge in [-0.15, -0.1) is 0 Å². The number of ether oxygens (including phenoxy) is 1. The predicted molar refractivity (Wildman–Crippen MR) is 119 cm³/mol. The summed E-state index contributed by atoms with van der Waals surface area (Å²) in [5, 5.41) is 16.7. The second-order valence-electron chi connectivity index (χ2n) is 8.17. The second kappa shape index (κ2) is 8.78. The molecule has 2 atom stereocenters. The third-order valence-electron chi connectivity index (χ3n) is 5.32. The summed E-state index contributed by atoms with van der Waals surface area (Å²) in [6.07, 6.45) is 0.428. The van der Waals surface area contributed by atoms with Gasteiger partial charge >= 0.3 is 5.97 Å². The summed E-state index contributed by atoms with van der Waals surface area (Å²) < 4.78 is 25.3. The van der Waals surface area contributed by atoms with Crippen molar-refractivity contribution >= 4 is 23.3 Å². The van der Waals surface area contributed by atoms with Crippen molar-refractivity contribution in [1.29, 1.82) is 0 Å². The summed E-state index contributed by atoms with van der Waals surface area (Å²) in [4.78, 5) is 15.5. The van der Waals surface area contributed by atoms with E-state index in [0.29, 0.717) is 34.5 Å². The van der Waals surface area contributed by atoms with Gasteiger partial charge in [-0.2, -0.15) is 4.98 Å². The fourth-order valence-corrected chi connectivity index (χ4v) is 3.93. The Morgan fingerprint density at radius 2 is 2.00 bits per heavy atom. The lowest BCUT2D eigenvalue weighted by Crippen LogP contribution is -2.32. The van der Waals surface area contributed by atoms with Crippen LogP contribution in [-0.2, 0) is 4.79 Å². The molecule has 9 heteroatoms. The molecule has 1 aliphatic carbocycles. The maximum atomic E-state index is 14.2. The molecule has 1 aliphatic rings. The number of benzene rings is 2. The molecular formula is C23H23ClFN3O4. The number of aromatic nitrogens is 2. The SMILES string of the molecule is CC(C)Oc1ccc(-c2noc(-c3ccc(N[C@H]4CCC(F)(C(=O)O)C4)cc3)n2)cc1Cl. The molecule has 2 aromatic carbocycles. The number of carboxylic acids is 1. The van der Waals surface area contributed by atoms with Crippen molar-refractivity contribution in [3.8, 4) is 28.6 Å². The van der Waals surface area contributed by atoms with Crippen molar-refractivity contribution in [3.63, 3.8) is 0 Å². The minimum absolute atomic E-state index is 0.0113.